The first-order valence-electron chi connectivity index (χ1n) is 7.27. The molecule has 0 radical (unpaired) electrons. The summed E-state index contributed by atoms with van der Waals surface area (Å²) in [4.78, 5) is 0. The van der Waals surface area contributed by atoms with Crippen molar-refractivity contribution in [3.8, 4) is 0 Å². The molecule has 0 aliphatic heterocycles. The monoisotopic (exact) mass is 218 g/mol. The van der Waals surface area contributed by atoms with Gasteiger partial charge in [-0.25, -0.2) is 0 Å². The molecule has 2 heteroatoms. The number of hydrogen-bond acceptors (Lipinski definition) is 0. The van der Waals surface area contributed by atoms with E-state index < -0.39 is 0 Å². The molecule has 2 aliphatic rings. The molecule has 0 aromatic rings. The van der Waals surface area contributed by atoms with Crippen LogP contribution in [0.1, 0.15) is 65.7 Å². The van der Waals surface area contributed by atoms with Crippen LogP contribution in [0.2, 0.25) is 5.21 Å². The van der Waals surface area contributed by atoms with Crippen molar-refractivity contribution in [2.45, 2.75) is 70.9 Å². The molecular formula is C14H28B2. The van der Waals surface area contributed by atoms with Crippen molar-refractivity contribution in [2.75, 3.05) is 0 Å². The maximum absolute atomic E-state index is 2.51. The second-order valence-corrected chi connectivity index (χ2v) is 8.12. The van der Waals surface area contributed by atoms with Crippen molar-refractivity contribution in [2.24, 2.45) is 16.7 Å². The highest BCUT2D eigenvalue weighted by atomic mass is 14.5. The van der Waals surface area contributed by atoms with E-state index in [0.717, 1.165) is 11.3 Å². The van der Waals surface area contributed by atoms with Crippen LogP contribution in [0.15, 0.2) is 0 Å². The Labute approximate surface area is 104 Å². The fourth-order valence-electron chi connectivity index (χ4n) is 4.01. The number of rotatable bonds is 1. The van der Waals surface area contributed by atoms with E-state index in [-0.39, 0.29) is 0 Å². The first kappa shape index (κ1) is 12.6. The average molecular weight is 218 g/mol. The topological polar surface area (TPSA) is 0 Å². The Hall–Kier alpha value is 0.130. The van der Waals surface area contributed by atoms with Crippen LogP contribution in [0.3, 0.4) is 0 Å². The fraction of sp³-hybridized carbons (Fsp3) is 1.00. The summed E-state index contributed by atoms with van der Waals surface area (Å²) in [6.07, 6.45) is 10.6. The molecule has 0 N–H and O–H groups in total. The maximum atomic E-state index is 2.51. The molecule has 0 nitrogen and oxygen atoms in total. The molecule has 1 atom stereocenters. The SMILES string of the molecule is BC(B)(C1CCC2(CCCC2)C1)C(C)(C)C. The highest BCUT2D eigenvalue weighted by Gasteiger charge is 2.48. The minimum Gasteiger partial charge on any atom is -0.0771 e. The van der Waals surface area contributed by atoms with E-state index in [1.54, 1.807) is 0 Å². The highest BCUT2D eigenvalue weighted by molar-refractivity contribution is 6.40. The zero-order chi connectivity index (χ0) is 12.0. The molecule has 16 heavy (non-hydrogen) atoms. The lowest BCUT2D eigenvalue weighted by atomic mass is 9.38. The van der Waals surface area contributed by atoms with Crippen molar-refractivity contribution in [3.63, 3.8) is 0 Å². The molecule has 2 aliphatic carbocycles. The quantitative estimate of drug-likeness (QED) is 0.593. The van der Waals surface area contributed by atoms with E-state index in [2.05, 4.69) is 36.5 Å². The molecule has 0 amide bonds. The van der Waals surface area contributed by atoms with Crippen LogP contribution in [-0.2, 0) is 0 Å². The van der Waals surface area contributed by atoms with Gasteiger partial charge in [-0.1, -0.05) is 45.2 Å². The van der Waals surface area contributed by atoms with Gasteiger partial charge in [-0.15, -0.1) is 0 Å². The van der Waals surface area contributed by atoms with Crippen molar-refractivity contribution >= 4 is 15.7 Å². The lowest BCUT2D eigenvalue weighted by molar-refractivity contribution is 0.229. The molecule has 0 bridgehead atoms. The van der Waals surface area contributed by atoms with Crippen molar-refractivity contribution in [3.05, 3.63) is 0 Å². The second kappa shape index (κ2) is 3.82. The summed E-state index contributed by atoms with van der Waals surface area (Å²) in [5.74, 6) is 0.964. The molecule has 2 rings (SSSR count). The molecule has 2 fully saturated rings. The largest absolute Gasteiger partial charge is 0.100 e. The molecule has 1 spiro atoms. The van der Waals surface area contributed by atoms with Crippen molar-refractivity contribution in [1.29, 1.82) is 0 Å². The minimum absolute atomic E-state index is 0.446. The third-order valence-corrected chi connectivity index (χ3v) is 6.32. The Morgan fingerprint density at radius 3 is 2.06 bits per heavy atom. The lowest BCUT2D eigenvalue weighted by Crippen LogP contribution is -2.36. The summed E-state index contributed by atoms with van der Waals surface area (Å²) < 4.78 is 0. The van der Waals surface area contributed by atoms with E-state index in [1.165, 1.54) is 44.9 Å². The molecule has 0 heterocycles. The molecule has 0 aromatic heterocycles. The summed E-state index contributed by atoms with van der Waals surface area (Å²) in [7, 11) is 5.01. The summed E-state index contributed by atoms with van der Waals surface area (Å²) >= 11 is 0. The van der Waals surface area contributed by atoms with Gasteiger partial charge in [0.1, 0.15) is 15.7 Å². The Bertz CT molecular complexity index is 256. The molecule has 90 valence electrons. The van der Waals surface area contributed by atoms with Gasteiger partial charge in [-0.2, -0.15) is 0 Å². The summed E-state index contributed by atoms with van der Waals surface area (Å²) in [6, 6.07) is 0. The van der Waals surface area contributed by atoms with Crippen LogP contribution >= 0.6 is 0 Å². The first-order valence-corrected chi connectivity index (χ1v) is 7.27. The third kappa shape index (κ3) is 1.97. The summed E-state index contributed by atoms with van der Waals surface area (Å²) in [6.45, 7) is 7.27. The zero-order valence-corrected chi connectivity index (χ0v) is 12.0. The van der Waals surface area contributed by atoms with Crippen LogP contribution in [0.4, 0.5) is 0 Å². The lowest BCUT2D eigenvalue weighted by Gasteiger charge is -2.45. The minimum atomic E-state index is 0.446. The van der Waals surface area contributed by atoms with E-state index in [4.69, 9.17) is 0 Å². The van der Waals surface area contributed by atoms with Crippen LogP contribution in [0.5, 0.6) is 0 Å². The summed E-state index contributed by atoms with van der Waals surface area (Å²) in [5, 5.41) is 0.499. The van der Waals surface area contributed by atoms with E-state index in [0.29, 0.717) is 10.6 Å². The van der Waals surface area contributed by atoms with Gasteiger partial charge in [-0.05, 0) is 42.4 Å². The normalized spacial score (nSPS) is 30.1. The van der Waals surface area contributed by atoms with Gasteiger partial charge in [0.25, 0.3) is 0 Å². The predicted octanol–water partition coefficient (Wildman–Crippen LogP) is 2.78. The van der Waals surface area contributed by atoms with E-state index in [1.807, 2.05) is 0 Å². The predicted molar refractivity (Wildman–Crippen MR) is 77.5 cm³/mol. The zero-order valence-electron chi connectivity index (χ0n) is 12.0. The van der Waals surface area contributed by atoms with Gasteiger partial charge in [0.05, 0.1) is 0 Å². The molecule has 2 saturated carbocycles. The Kier molecular flexibility index (Phi) is 3.00. The van der Waals surface area contributed by atoms with Gasteiger partial charge < -0.3 is 0 Å². The van der Waals surface area contributed by atoms with Crippen LogP contribution in [0, 0.1) is 16.7 Å². The Balaban J connectivity index is 2.08. The first-order chi connectivity index (χ1) is 7.27. The van der Waals surface area contributed by atoms with Gasteiger partial charge >= 0.3 is 0 Å². The maximum Gasteiger partial charge on any atom is 0.100 e. The molecular weight excluding hydrogens is 190 g/mol. The van der Waals surface area contributed by atoms with Gasteiger partial charge in [-0.3, -0.25) is 0 Å². The standard InChI is InChI=1S/C14H28B2/c1-12(2,3)14(15,16)11-6-9-13(10-11)7-4-5-8-13/h11H,4-10,15-16H2,1-3H3. The van der Waals surface area contributed by atoms with Gasteiger partial charge in [0.2, 0.25) is 0 Å². The van der Waals surface area contributed by atoms with Gasteiger partial charge in [0.15, 0.2) is 0 Å². The van der Waals surface area contributed by atoms with Crippen molar-refractivity contribution < 1.29 is 0 Å². The van der Waals surface area contributed by atoms with Crippen molar-refractivity contribution in [1.82, 2.24) is 0 Å². The smallest absolute Gasteiger partial charge is 0.0771 e. The molecule has 0 saturated heterocycles. The van der Waals surface area contributed by atoms with Crippen LogP contribution < -0.4 is 0 Å². The Morgan fingerprint density at radius 2 is 1.56 bits per heavy atom. The number of hydrogen-bond donors (Lipinski definition) is 0. The fourth-order valence-corrected chi connectivity index (χ4v) is 4.01. The summed E-state index contributed by atoms with van der Waals surface area (Å²) in [5.41, 5.74) is 1.23. The van der Waals surface area contributed by atoms with Crippen LogP contribution in [0.25, 0.3) is 0 Å². The van der Waals surface area contributed by atoms with Crippen LogP contribution in [-0.4, -0.2) is 15.7 Å². The third-order valence-electron chi connectivity index (χ3n) is 6.32. The van der Waals surface area contributed by atoms with E-state index >= 15 is 0 Å². The highest BCUT2D eigenvalue weighted by Crippen LogP contribution is 2.60. The Morgan fingerprint density at radius 1 is 1.00 bits per heavy atom. The van der Waals surface area contributed by atoms with E-state index in [9.17, 15) is 0 Å². The van der Waals surface area contributed by atoms with Gasteiger partial charge in [0, 0.05) is 0 Å². The average Bonchev–Trinajstić information content (AvgIpc) is 2.75. The molecule has 1 unspecified atom stereocenters. The second-order valence-electron chi connectivity index (χ2n) is 8.12. The molecule has 0 aromatic carbocycles.